The van der Waals surface area contributed by atoms with Gasteiger partial charge in [0.05, 0.1) is 6.20 Å². The quantitative estimate of drug-likeness (QED) is 0.0918. The number of carboxylic acid groups (broad SMARTS) is 3. The van der Waals surface area contributed by atoms with E-state index >= 15 is 0 Å². The van der Waals surface area contributed by atoms with Gasteiger partial charge < -0.3 is 15.3 Å². The maximum absolute atomic E-state index is 11.8. The van der Waals surface area contributed by atoms with Crippen LogP contribution in [-0.2, 0) is 14.4 Å². The fourth-order valence-corrected chi connectivity index (χ4v) is 5.03. The number of quaternary nitrogens is 1. The highest BCUT2D eigenvalue weighted by atomic mass is 16.4. The first-order valence-corrected chi connectivity index (χ1v) is 14.4. The molecule has 0 bridgehead atoms. The molecule has 0 saturated heterocycles. The van der Waals surface area contributed by atoms with Crippen LogP contribution in [0, 0.1) is 0 Å². The summed E-state index contributed by atoms with van der Waals surface area (Å²) in [7, 11) is 0. The molecule has 3 atom stereocenters. The van der Waals surface area contributed by atoms with Crippen LogP contribution < -0.4 is 0 Å². The Kier molecular flexibility index (Phi) is 19.1. The lowest BCUT2D eigenvalue weighted by Crippen LogP contribution is -2.67. The molecule has 0 aliphatic heterocycles. The molecular weight excluding hydrogens is 458 g/mol. The second-order valence-electron chi connectivity index (χ2n) is 10.4. The zero-order valence-corrected chi connectivity index (χ0v) is 23.4. The Morgan fingerprint density at radius 2 is 0.833 bits per heavy atom. The van der Waals surface area contributed by atoms with Crippen LogP contribution in [0.3, 0.4) is 0 Å². The molecule has 0 saturated carbocycles. The molecule has 0 heterocycles. The van der Waals surface area contributed by atoms with E-state index in [2.05, 4.69) is 6.92 Å². The molecule has 210 valence electrons. The second-order valence-corrected chi connectivity index (χ2v) is 10.4. The molecule has 3 N–H and O–H groups in total. The van der Waals surface area contributed by atoms with E-state index in [1.165, 1.54) is 110 Å². The van der Waals surface area contributed by atoms with E-state index in [0.29, 0.717) is 6.42 Å². The normalized spacial score (nSPS) is 15.9. The van der Waals surface area contributed by atoms with E-state index in [4.69, 9.17) is 0 Å². The molecule has 0 rings (SSSR count). The van der Waals surface area contributed by atoms with Crippen LogP contribution in [0.1, 0.15) is 137 Å². The van der Waals surface area contributed by atoms with E-state index in [1.807, 2.05) is 0 Å². The SMILES string of the molecule is CCCCCCCCCCCCCCCCCC/C=C/[N+](C(C)C(=O)O)(C(C)C(=O)O)C(C)C(=O)O. The van der Waals surface area contributed by atoms with Gasteiger partial charge in [0.25, 0.3) is 0 Å². The van der Waals surface area contributed by atoms with Gasteiger partial charge in [-0.15, -0.1) is 0 Å². The number of aliphatic carboxylic acids is 3. The lowest BCUT2D eigenvalue weighted by atomic mass is 10.0. The van der Waals surface area contributed by atoms with Crippen molar-refractivity contribution in [1.29, 1.82) is 0 Å². The molecule has 0 aliphatic carbocycles. The van der Waals surface area contributed by atoms with Crippen molar-refractivity contribution >= 4 is 17.9 Å². The van der Waals surface area contributed by atoms with Gasteiger partial charge in [0.1, 0.15) is 0 Å². The first-order valence-electron chi connectivity index (χ1n) is 14.4. The van der Waals surface area contributed by atoms with Crippen LogP contribution in [0.2, 0.25) is 0 Å². The van der Waals surface area contributed by atoms with Gasteiger partial charge in [-0.05, 0) is 39.7 Å². The number of hydrogen-bond donors (Lipinski definition) is 3. The van der Waals surface area contributed by atoms with Gasteiger partial charge in [0.15, 0.2) is 18.1 Å². The van der Waals surface area contributed by atoms with Crippen LogP contribution in [0.4, 0.5) is 0 Å². The molecule has 0 radical (unpaired) electrons. The number of nitrogens with zero attached hydrogens (tertiary/aromatic N) is 1. The van der Waals surface area contributed by atoms with E-state index < -0.39 is 40.5 Å². The molecule has 0 amide bonds. The van der Waals surface area contributed by atoms with Crippen LogP contribution in [0.25, 0.3) is 0 Å². The van der Waals surface area contributed by atoms with Gasteiger partial charge in [-0.2, -0.15) is 0 Å². The Morgan fingerprint density at radius 1 is 0.556 bits per heavy atom. The smallest absolute Gasteiger partial charge is 0.362 e. The van der Waals surface area contributed by atoms with E-state index in [1.54, 1.807) is 6.08 Å². The van der Waals surface area contributed by atoms with Gasteiger partial charge in [-0.1, -0.05) is 103 Å². The first-order chi connectivity index (χ1) is 17.1. The Labute approximate surface area is 219 Å². The predicted molar refractivity (Wildman–Crippen MR) is 145 cm³/mol. The van der Waals surface area contributed by atoms with Gasteiger partial charge in [-0.25, -0.2) is 14.4 Å². The highest BCUT2D eigenvalue weighted by Crippen LogP contribution is 2.27. The summed E-state index contributed by atoms with van der Waals surface area (Å²) in [5, 5.41) is 28.8. The number of allylic oxidation sites excluding steroid dienone is 1. The van der Waals surface area contributed by atoms with E-state index in [9.17, 15) is 29.7 Å². The lowest BCUT2D eigenvalue weighted by Gasteiger charge is -2.44. The maximum atomic E-state index is 11.8. The minimum atomic E-state index is -1.22. The number of rotatable bonds is 24. The molecule has 0 aromatic carbocycles. The van der Waals surface area contributed by atoms with Crippen molar-refractivity contribution in [1.82, 2.24) is 0 Å². The van der Waals surface area contributed by atoms with Crippen molar-refractivity contribution in [3.63, 3.8) is 0 Å². The van der Waals surface area contributed by atoms with Crippen molar-refractivity contribution in [2.75, 3.05) is 0 Å². The van der Waals surface area contributed by atoms with Gasteiger partial charge in [0.2, 0.25) is 0 Å². The fourth-order valence-electron chi connectivity index (χ4n) is 5.03. The largest absolute Gasteiger partial charge is 0.477 e. The third-order valence-corrected chi connectivity index (χ3v) is 7.67. The molecule has 7 nitrogen and oxygen atoms in total. The zero-order chi connectivity index (χ0) is 27.4. The summed E-state index contributed by atoms with van der Waals surface area (Å²) >= 11 is 0. The van der Waals surface area contributed by atoms with Crippen molar-refractivity contribution in [3.8, 4) is 0 Å². The molecule has 3 unspecified atom stereocenters. The standard InChI is InChI=1S/C29H53NO6/c1-5-6-7-8-9-10-11-12-13-14-15-16-17-18-19-20-21-22-23-30(24(2)27(31)32,25(3)28(33)34)26(4)29(35)36/h22-26H,5-21H2,1-4H3,(H2-,31,32,33,34,35,36)/p+1/b23-22+. The highest BCUT2D eigenvalue weighted by molar-refractivity contribution is 5.77. The summed E-state index contributed by atoms with van der Waals surface area (Å²) in [4.78, 5) is 35.3. The van der Waals surface area contributed by atoms with Crippen molar-refractivity contribution in [2.45, 2.75) is 155 Å². The van der Waals surface area contributed by atoms with Gasteiger partial charge >= 0.3 is 17.9 Å². The number of unbranched alkanes of at least 4 members (excludes halogenated alkanes) is 16. The topological polar surface area (TPSA) is 112 Å². The maximum Gasteiger partial charge on any atom is 0.362 e. The van der Waals surface area contributed by atoms with E-state index in [-0.39, 0.29) is 0 Å². The number of carbonyl (C=O) groups is 3. The Bertz CT molecular complexity index is 597. The molecule has 0 fully saturated rings. The van der Waals surface area contributed by atoms with Crippen LogP contribution in [0.5, 0.6) is 0 Å². The summed E-state index contributed by atoms with van der Waals surface area (Å²) in [5.41, 5.74) is 0. The molecule has 0 spiro atoms. The Balaban J connectivity index is 4.28. The summed E-state index contributed by atoms with van der Waals surface area (Å²) in [6.45, 7) is 6.38. The first kappa shape index (κ1) is 34.1. The number of carboxylic acids is 3. The van der Waals surface area contributed by atoms with Crippen LogP contribution in [-0.4, -0.2) is 55.8 Å². The average Bonchev–Trinajstić information content (AvgIpc) is 2.84. The van der Waals surface area contributed by atoms with Crippen LogP contribution >= 0.6 is 0 Å². The number of hydrogen-bond acceptors (Lipinski definition) is 3. The highest BCUT2D eigenvalue weighted by Gasteiger charge is 2.51. The van der Waals surface area contributed by atoms with Crippen molar-refractivity contribution < 1.29 is 34.2 Å². The van der Waals surface area contributed by atoms with Gasteiger partial charge in [-0.3, -0.25) is 4.48 Å². The Hall–Kier alpha value is -1.89. The lowest BCUT2D eigenvalue weighted by molar-refractivity contribution is -0.922. The third kappa shape index (κ3) is 12.9. The molecular formula is C29H54NO6+. The summed E-state index contributed by atoms with van der Waals surface area (Å²) in [5.74, 6) is -3.66. The Morgan fingerprint density at radius 3 is 1.11 bits per heavy atom. The molecule has 7 heteroatoms. The zero-order valence-electron chi connectivity index (χ0n) is 23.4. The fraction of sp³-hybridized carbons (Fsp3) is 0.828. The van der Waals surface area contributed by atoms with Crippen molar-refractivity contribution in [2.24, 2.45) is 0 Å². The summed E-state index contributed by atoms with van der Waals surface area (Å²) in [6, 6.07) is -3.61. The molecule has 0 aromatic rings. The van der Waals surface area contributed by atoms with Crippen LogP contribution in [0.15, 0.2) is 12.3 Å². The summed E-state index contributed by atoms with van der Waals surface area (Å²) in [6.07, 6.45) is 24.5. The second kappa shape index (κ2) is 20.2. The molecule has 0 aromatic heterocycles. The minimum Gasteiger partial charge on any atom is -0.477 e. The van der Waals surface area contributed by atoms with Gasteiger partial charge in [0, 0.05) is 0 Å². The molecule has 36 heavy (non-hydrogen) atoms. The summed E-state index contributed by atoms with van der Waals surface area (Å²) < 4.78 is -0.654. The van der Waals surface area contributed by atoms with E-state index in [0.717, 1.165) is 19.3 Å². The average molecular weight is 513 g/mol. The monoisotopic (exact) mass is 512 g/mol. The van der Waals surface area contributed by atoms with Crippen molar-refractivity contribution in [3.05, 3.63) is 12.3 Å². The third-order valence-electron chi connectivity index (χ3n) is 7.67. The predicted octanol–water partition coefficient (Wildman–Crippen LogP) is 7.39. The molecule has 0 aliphatic rings. The minimum absolute atomic E-state index is 0.654.